The van der Waals surface area contributed by atoms with Crippen molar-refractivity contribution in [3.8, 4) is 0 Å². The number of rotatable bonds is 7. The Labute approximate surface area is 110 Å². The first-order valence-electron chi connectivity index (χ1n) is 5.58. The van der Waals surface area contributed by atoms with Crippen molar-refractivity contribution in [2.45, 2.75) is 32.2 Å². The maximum atomic E-state index is 8.37. The van der Waals surface area contributed by atoms with Gasteiger partial charge in [0.2, 0.25) is 0 Å². The molecule has 1 atom stereocenters. The molecular formula is C11H18ClN3OS. The van der Waals surface area contributed by atoms with Gasteiger partial charge >= 0.3 is 0 Å². The lowest BCUT2D eigenvalue weighted by Crippen LogP contribution is -2.19. The van der Waals surface area contributed by atoms with E-state index in [1.807, 2.05) is 12.1 Å². The molecule has 1 unspecified atom stereocenters. The zero-order chi connectivity index (χ0) is 12.7. The van der Waals surface area contributed by atoms with Crippen molar-refractivity contribution in [1.82, 2.24) is 5.32 Å². The van der Waals surface area contributed by atoms with Crippen LogP contribution in [0.15, 0.2) is 17.3 Å². The molecule has 1 heterocycles. The molecule has 6 heteroatoms. The molecule has 0 radical (unpaired) electrons. The minimum atomic E-state index is 0.295. The number of nitrogens with zero attached hydrogens (tertiary/aromatic N) is 1. The molecule has 0 saturated carbocycles. The lowest BCUT2D eigenvalue weighted by atomic mass is 10.2. The van der Waals surface area contributed by atoms with Gasteiger partial charge in [-0.25, -0.2) is 0 Å². The fourth-order valence-electron chi connectivity index (χ4n) is 1.46. The Morgan fingerprint density at radius 3 is 2.94 bits per heavy atom. The van der Waals surface area contributed by atoms with Gasteiger partial charge in [-0.05, 0) is 38.4 Å². The Balaban J connectivity index is 2.14. The second-order valence-electron chi connectivity index (χ2n) is 3.87. The predicted molar refractivity (Wildman–Crippen MR) is 73.0 cm³/mol. The third-order valence-electron chi connectivity index (χ3n) is 2.46. The first-order chi connectivity index (χ1) is 8.13. The van der Waals surface area contributed by atoms with Crippen molar-refractivity contribution in [3.63, 3.8) is 0 Å². The Bertz CT molecular complexity index is 367. The molecule has 0 fully saturated rings. The van der Waals surface area contributed by atoms with Gasteiger partial charge in [0.15, 0.2) is 0 Å². The van der Waals surface area contributed by atoms with E-state index >= 15 is 0 Å². The van der Waals surface area contributed by atoms with Crippen LogP contribution in [0, 0.1) is 0 Å². The average molecular weight is 276 g/mol. The highest BCUT2D eigenvalue weighted by molar-refractivity contribution is 7.16. The van der Waals surface area contributed by atoms with Crippen molar-refractivity contribution in [2.24, 2.45) is 10.9 Å². The average Bonchev–Trinajstić information content (AvgIpc) is 2.75. The summed E-state index contributed by atoms with van der Waals surface area (Å²) in [5, 5.41) is 14.7. The van der Waals surface area contributed by atoms with E-state index in [1.165, 1.54) is 4.88 Å². The van der Waals surface area contributed by atoms with Gasteiger partial charge in [-0.2, -0.15) is 0 Å². The molecule has 17 heavy (non-hydrogen) atoms. The van der Waals surface area contributed by atoms with Crippen molar-refractivity contribution < 1.29 is 5.21 Å². The quantitative estimate of drug-likeness (QED) is 0.236. The molecular weight excluding hydrogens is 258 g/mol. The Kier molecular flexibility index (Phi) is 6.32. The van der Waals surface area contributed by atoms with Crippen LogP contribution in [-0.4, -0.2) is 17.6 Å². The first-order valence-corrected chi connectivity index (χ1v) is 6.78. The normalized spacial score (nSPS) is 13.9. The SMILES string of the molecule is CC(NCCCC/C(N)=N/O)c1ccc(Cl)s1. The van der Waals surface area contributed by atoms with Crippen LogP contribution >= 0.6 is 22.9 Å². The van der Waals surface area contributed by atoms with Gasteiger partial charge in [0.05, 0.1) is 4.34 Å². The Hall–Kier alpha value is -0.780. The Morgan fingerprint density at radius 2 is 2.35 bits per heavy atom. The topological polar surface area (TPSA) is 70.6 Å². The second kappa shape index (κ2) is 7.53. The molecule has 0 spiro atoms. The van der Waals surface area contributed by atoms with Crippen LogP contribution in [0.4, 0.5) is 0 Å². The molecule has 1 aromatic heterocycles. The smallest absolute Gasteiger partial charge is 0.139 e. The van der Waals surface area contributed by atoms with Crippen LogP contribution in [0.25, 0.3) is 0 Å². The molecule has 0 aliphatic carbocycles. The summed E-state index contributed by atoms with van der Waals surface area (Å²) in [7, 11) is 0. The highest BCUT2D eigenvalue weighted by Gasteiger charge is 2.06. The van der Waals surface area contributed by atoms with Gasteiger partial charge in [-0.1, -0.05) is 16.8 Å². The fourth-order valence-corrected chi connectivity index (χ4v) is 2.55. The lowest BCUT2D eigenvalue weighted by Gasteiger charge is -2.11. The van der Waals surface area contributed by atoms with E-state index in [9.17, 15) is 0 Å². The number of hydrogen-bond donors (Lipinski definition) is 3. The minimum absolute atomic E-state index is 0.295. The second-order valence-corrected chi connectivity index (χ2v) is 5.61. The number of nitrogens with one attached hydrogen (secondary N) is 1. The summed E-state index contributed by atoms with van der Waals surface area (Å²) in [4.78, 5) is 1.24. The molecule has 0 bridgehead atoms. The lowest BCUT2D eigenvalue weighted by molar-refractivity contribution is 0.316. The predicted octanol–water partition coefficient (Wildman–Crippen LogP) is 2.97. The molecule has 0 aromatic carbocycles. The van der Waals surface area contributed by atoms with E-state index in [1.54, 1.807) is 11.3 Å². The monoisotopic (exact) mass is 275 g/mol. The number of nitrogens with two attached hydrogens (primary N) is 1. The maximum Gasteiger partial charge on any atom is 0.139 e. The summed E-state index contributed by atoms with van der Waals surface area (Å²) in [6.07, 6.45) is 2.55. The van der Waals surface area contributed by atoms with Crippen LogP contribution in [0.3, 0.4) is 0 Å². The van der Waals surface area contributed by atoms with Gasteiger partial charge in [-0.3, -0.25) is 0 Å². The number of halogens is 1. The zero-order valence-electron chi connectivity index (χ0n) is 9.82. The van der Waals surface area contributed by atoms with Crippen molar-refractivity contribution >= 4 is 28.8 Å². The Morgan fingerprint density at radius 1 is 1.59 bits per heavy atom. The van der Waals surface area contributed by atoms with Crippen LogP contribution < -0.4 is 11.1 Å². The maximum absolute atomic E-state index is 8.37. The third-order valence-corrected chi connectivity index (χ3v) is 3.87. The van der Waals surface area contributed by atoms with E-state index < -0.39 is 0 Å². The highest BCUT2D eigenvalue weighted by Crippen LogP contribution is 2.26. The molecule has 4 nitrogen and oxygen atoms in total. The van der Waals surface area contributed by atoms with E-state index in [4.69, 9.17) is 22.5 Å². The third kappa shape index (κ3) is 5.39. The number of oxime groups is 1. The number of amidine groups is 1. The highest BCUT2D eigenvalue weighted by atomic mass is 35.5. The summed E-state index contributed by atoms with van der Waals surface area (Å²) in [6, 6.07) is 4.27. The summed E-state index contributed by atoms with van der Waals surface area (Å²) < 4.78 is 0.820. The van der Waals surface area contributed by atoms with Gasteiger partial charge in [0, 0.05) is 17.3 Å². The van der Waals surface area contributed by atoms with Crippen molar-refractivity contribution in [2.75, 3.05) is 6.54 Å². The number of thiophene rings is 1. The molecule has 96 valence electrons. The van der Waals surface area contributed by atoms with Crippen LogP contribution in [-0.2, 0) is 0 Å². The van der Waals surface area contributed by atoms with Crippen molar-refractivity contribution in [3.05, 3.63) is 21.3 Å². The van der Waals surface area contributed by atoms with Gasteiger partial charge in [0.1, 0.15) is 5.84 Å². The van der Waals surface area contributed by atoms with E-state index in [-0.39, 0.29) is 0 Å². The van der Waals surface area contributed by atoms with Gasteiger partial charge in [-0.15, -0.1) is 11.3 Å². The zero-order valence-corrected chi connectivity index (χ0v) is 11.4. The minimum Gasteiger partial charge on any atom is -0.409 e. The van der Waals surface area contributed by atoms with Gasteiger partial charge in [0.25, 0.3) is 0 Å². The van der Waals surface area contributed by atoms with Crippen LogP contribution in [0.2, 0.25) is 4.34 Å². The van der Waals surface area contributed by atoms with E-state index in [0.29, 0.717) is 18.3 Å². The molecule has 0 aliphatic heterocycles. The summed E-state index contributed by atoms with van der Waals surface area (Å²) in [6.45, 7) is 3.03. The summed E-state index contributed by atoms with van der Waals surface area (Å²) >= 11 is 7.48. The van der Waals surface area contributed by atoms with E-state index in [0.717, 1.165) is 23.7 Å². The molecule has 1 aromatic rings. The standard InChI is InChI=1S/C11H18ClN3OS/c1-8(9-5-6-10(12)17-9)14-7-3-2-4-11(13)15-16/h5-6,8,14,16H,2-4,7H2,1H3,(H2,13,15). The molecule has 1 rings (SSSR count). The van der Waals surface area contributed by atoms with E-state index in [2.05, 4.69) is 17.4 Å². The van der Waals surface area contributed by atoms with Crippen LogP contribution in [0.5, 0.6) is 0 Å². The molecule has 4 N–H and O–H groups in total. The largest absolute Gasteiger partial charge is 0.409 e. The first kappa shape index (κ1) is 14.3. The summed E-state index contributed by atoms with van der Waals surface area (Å²) in [5.41, 5.74) is 5.38. The molecule has 0 amide bonds. The molecule has 0 aliphatic rings. The number of unbranched alkanes of at least 4 members (excludes halogenated alkanes) is 1. The van der Waals surface area contributed by atoms with Crippen LogP contribution in [0.1, 0.15) is 37.1 Å². The van der Waals surface area contributed by atoms with Crippen molar-refractivity contribution in [1.29, 1.82) is 0 Å². The number of hydrogen-bond acceptors (Lipinski definition) is 4. The fraction of sp³-hybridized carbons (Fsp3) is 0.545. The molecule has 0 saturated heterocycles. The summed E-state index contributed by atoms with van der Waals surface area (Å²) in [5.74, 6) is 0.295. The van der Waals surface area contributed by atoms with Gasteiger partial charge < -0.3 is 16.3 Å².